The molecule has 0 spiro atoms. The Morgan fingerprint density at radius 3 is 2.07 bits per heavy atom. The van der Waals surface area contributed by atoms with Gasteiger partial charge in [0, 0.05) is 16.3 Å². The largest absolute Gasteiger partial charge is 0.454 e. The standard InChI is InChI=1S/C26H17NO/c27-25-23(18-14-7-9-16-8-1-2-10-17(16)18)19-11-3-4-12-20(19)24-21-13-5-6-15-22(21)28-26(24)25/h1-15H,27H2. The summed E-state index contributed by atoms with van der Waals surface area (Å²) in [6.45, 7) is 0. The predicted octanol–water partition coefficient (Wildman–Crippen LogP) is 7.14. The van der Waals surface area contributed by atoms with Crippen LogP contribution in [-0.4, -0.2) is 0 Å². The van der Waals surface area contributed by atoms with Crippen molar-refractivity contribution in [2.75, 3.05) is 5.73 Å². The zero-order chi connectivity index (χ0) is 18.7. The third-order valence-corrected chi connectivity index (χ3v) is 5.63. The monoisotopic (exact) mass is 359 g/mol. The van der Waals surface area contributed by atoms with Crippen LogP contribution in [0.3, 0.4) is 0 Å². The topological polar surface area (TPSA) is 39.2 Å². The summed E-state index contributed by atoms with van der Waals surface area (Å²) >= 11 is 0. The van der Waals surface area contributed by atoms with Gasteiger partial charge in [-0.05, 0) is 33.2 Å². The number of hydrogen-bond donors (Lipinski definition) is 1. The van der Waals surface area contributed by atoms with E-state index in [0.717, 1.165) is 38.5 Å². The minimum Gasteiger partial charge on any atom is -0.454 e. The molecule has 0 aliphatic carbocycles. The van der Waals surface area contributed by atoms with E-state index >= 15 is 0 Å². The maximum absolute atomic E-state index is 6.78. The quantitative estimate of drug-likeness (QED) is 0.317. The highest BCUT2D eigenvalue weighted by Crippen LogP contribution is 2.46. The SMILES string of the molecule is Nc1c(-c2cccc3ccccc23)c2ccccc2c2c1oc1ccccc12. The molecule has 132 valence electrons. The third-order valence-electron chi connectivity index (χ3n) is 5.63. The molecule has 6 rings (SSSR count). The van der Waals surface area contributed by atoms with Crippen molar-refractivity contribution in [3.8, 4) is 11.1 Å². The lowest BCUT2D eigenvalue weighted by Gasteiger charge is -2.14. The van der Waals surface area contributed by atoms with Crippen LogP contribution in [0.4, 0.5) is 5.69 Å². The summed E-state index contributed by atoms with van der Waals surface area (Å²) in [6, 6.07) is 31.4. The highest BCUT2D eigenvalue weighted by molar-refractivity contribution is 6.27. The van der Waals surface area contributed by atoms with Gasteiger partial charge >= 0.3 is 0 Å². The number of para-hydroxylation sites is 1. The average molecular weight is 359 g/mol. The molecule has 0 saturated heterocycles. The second-order valence-corrected chi connectivity index (χ2v) is 7.16. The molecule has 0 saturated carbocycles. The van der Waals surface area contributed by atoms with Gasteiger partial charge in [0.05, 0.1) is 5.69 Å². The molecule has 0 bridgehead atoms. The Morgan fingerprint density at radius 2 is 1.21 bits per heavy atom. The smallest absolute Gasteiger partial charge is 0.159 e. The zero-order valence-corrected chi connectivity index (χ0v) is 15.1. The molecule has 0 fully saturated rings. The minimum absolute atomic E-state index is 0.696. The number of nitrogens with two attached hydrogens (primary N) is 1. The first-order valence-electron chi connectivity index (χ1n) is 9.42. The highest BCUT2D eigenvalue weighted by Gasteiger charge is 2.20. The van der Waals surface area contributed by atoms with Crippen LogP contribution in [0, 0.1) is 0 Å². The fourth-order valence-corrected chi connectivity index (χ4v) is 4.41. The molecule has 1 aromatic heterocycles. The molecular formula is C26H17NO. The van der Waals surface area contributed by atoms with Gasteiger partial charge in [0.25, 0.3) is 0 Å². The van der Waals surface area contributed by atoms with Crippen molar-refractivity contribution < 1.29 is 4.42 Å². The van der Waals surface area contributed by atoms with E-state index in [9.17, 15) is 0 Å². The maximum Gasteiger partial charge on any atom is 0.159 e. The van der Waals surface area contributed by atoms with Crippen molar-refractivity contribution in [3.63, 3.8) is 0 Å². The summed E-state index contributed by atoms with van der Waals surface area (Å²) in [4.78, 5) is 0. The molecule has 0 aliphatic heterocycles. The zero-order valence-electron chi connectivity index (χ0n) is 15.1. The van der Waals surface area contributed by atoms with E-state index in [-0.39, 0.29) is 0 Å². The molecule has 0 unspecified atom stereocenters. The fraction of sp³-hybridized carbons (Fsp3) is 0. The fourth-order valence-electron chi connectivity index (χ4n) is 4.41. The Balaban J connectivity index is 1.88. The Hall–Kier alpha value is -3.78. The van der Waals surface area contributed by atoms with E-state index in [0.29, 0.717) is 5.69 Å². The Morgan fingerprint density at radius 1 is 0.571 bits per heavy atom. The number of rotatable bonds is 1. The van der Waals surface area contributed by atoms with Crippen molar-refractivity contribution in [2.45, 2.75) is 0 Å². The predicted molar refractivity (Wildman–Crippen MR) is 119 cm³/mol. The Kier molecular flexibility index (Phi) is 3.06. The second kappa shape index (κ2) is 5.61. The molecule has 0 amide bonds. The van der Waals surface area contributed by atoms with Crippen molar-refractivity contribution >= 4 is 49.2 Å². The van der Waals surface area contributed by atoms with E-state index < -0.39 is 0 Å². The molecule has 0 atom stereocenters. The van der Waals surface area contributed by atoms with E-state index in [1.165, 1.54) is 16.2 Å². The minimum atomic E-state index is 0.696. The van der Waals surface area contributed by atoms with Crippen molar-refractivity contribution in [1.82, 2.24) is 0 Å². The number of nitrogen functional groups attached to an aromatic ring is 1. The molecular weight excluding hydrogens is 342 g/mol. The van der Waals surface area contributed by atoms with Gasteiger partial charge in [-0.15, -0.1) is 0 Å². The van der Waals surface area contributed by atoms with Gasteiger partial charge in [0.15, 0.2) is 5.58 Å². The van der Waals surface area contributed by atoms with Gasteiger partial charge in [-0.1, -0.05) is 84.9 Å². The first-order valence-corrected chi connectivity index (χ1v) is 9.42. The van der Waals surface area contributed by atoms with Crippen LogP contribution in [-0.2, 0) is 0 Å². The number of benzene rings is 5. The number of furan rings is 1. The van der Waals surface area contributed by atoms with Gasteiger partial charge in [-0.25, -0.2) is 0 Å². The molecule has 0 radical (unpaired) electrons. The molecule has 5 aromatic carbocycles. The number of hydrogen-bond acceptors (Lipinski definition) is 2. The Labute approximate surface area is 161 Å². The molecule has 1 heterocycles. The van der Waals surface area contributed by atoms with Crippen LogP contribution in [0.25, 0.3) is 54.6 Å². The van der Waals surface area contributed by atoms with E-state index in [2.05, 4.69) is 72.8 Å². The number of anilines is 1. The van der Waals surface area contributed by atoms with Gasteiger partial charge in [-0.2, -0.15) is 0 Å². The molecule has 2 N–H and O–H groups in total. The van der Waals surface area contributed by atoms with Crippen LogP contribution < -0.4 is 5.73 Å². The van der Waals surface area contributed by atoms with E-state index in [1.807, 2.05) is 18.2 Å². The van der Waals surface area contributed by atoms with Gasteiger partial charge in [-0.3, -0.25) is 0 Å². The van der Waals surface area contributed by atoms with Crippen molar-refractivity contribution in [2.24, 2.45) is 0 Å². The summed E-state index contributed by atoms with van der Waals surface area (Å²) in [6.07, 6.45) is 0. The van der Waals surface area contributed by atoms with Crippen molar-refractivity contribution in [1.29, 1.82) is 0 Å². The van der Waals surface area contributed by atoms with Gasteiger partial charge in [0.2, 0.25) is 0 Å². The average Bonchev–Trinajstić information content (AvgIpc) is 3.14. The molecule has 28 heavy (non-hydrogen) atoms. The van der Waals surface area contributed by atoms with Crippen molar-refractivity contribution in [3.05, 3.63) is 91.0 Å². The van der Waals surface area contributed by atoms with Crippen LogP contribution in [0.1, 0.15) is 0 Å². The summed E-state index contributed by atoms with van der Waals surface area (Å²) in [5, 5.41) is 6.90. The first kappa shape index (κ1) is 15.3. The lowest BCUT2D eigenvalue weighted by molar-refractivity contribution is 0.671. The van der Waals surface area contributed by atoms with Gasteiger partial charge in [0.1, 0.15) is 5.58 Å². The van der Waals surface area contributed by atoms with Crippen LogP contribution in [0.5, 0.6) is 0 Å². The maximum atomic E-state index is 6.78. The third kappa shape index (κ3) is 1.97. The highest BCUT2D eigenvalue weighted by atomic mass is 16.3. The van der Waals surface area contributed by atoms with Gasteiger partial charge < -0.3 is 10.2 Å². The van der Waals surface area contributed by atoms with Crippen LogP contribution in [0.15, 0.2) is 95.4 Å². The summed E-state index contributed by atoms with van der Waals surface area (Å²) in [5.74, 6) is 0. The normalized spacial score (nSPS) is 11.7. The molecule has 0 aliphatic rings. The van der Waals surface area contributed by atoms with Crippen LogP contribution in [0.2, 0.25) is 0 Å². The number of fused-ring (bicyclic) bond motifs is 6. The summed E-state index contributed by atoms with van der Waals surface area (Å²) in [5.41, 5.74) is 11.3. The van der Waals surface area contributed by atoms with E-state index in [4.69, 9.17) is 10.2 Å². The second-order valence-electron chi connectivity index (χ2n) is 7.16. The Bertz CT molecular complexity index is 1520. The van der Waals surface area contributed by atoms with E-state index in [1.54, 1.807) is 0 Å². The van der Waals surface area contributed by atoms with Crippen LogP contribution >= 0.6 is 0 Å². The lowest BCUT2D eigenvalue weighted by atomic mass is 9.90. The summed E-state index contributed by atoms with van der Waals surface area (Å²) in [7, 11) is 0. The summed E-state index contributed by atoms with van der Waals surface area (Å²) < 4.78 is 6.24. The first-order chi connectivity index (χ1) is 13.8. The lowest BCUT2D eigenvalue weighted by Crippen LogP contribution is -1.94. The molecule has 2 heteroatoms. The molecule has 2 nitrogen and oxygen atoms in total. The molecule has 6 aromatic rings.